The number of fused-ring (bicyclic) bond motifs is 1. The molecule has 1 aromatic heterocycles. The lowest BCUT2D eigenvalue weighted by Gasteiger charge is -2.20. The Kier molecular flexibility index (Phi) is 3.74. The lowest BCUT2D eigenvalue weighted by molar-refractivity contribution is 0.734. The standard InChI is InChI=1S/C12H17N3S/c1-3-15(9-8-13-2)12-10-6-4-5-7-11(10)16-14-12/h4-7,13H,3,8-9H2,1-2H3. The van der Waals surface area contributed by atoms with E-state index in [4.69, 9.17) is 0 Å². The summed E-state index contributed by atoms with van der Waals surface area (Å²) >= 11 is 1.58. The summed E-state index contributed by atoms with van der Waals surface area (Å²) in [5.74, 6) is 1.12. The highest BCUT2D eigenvalue weighted by molar-refractivity contribution is 7.13. The van der Waals surface area contributed by atoms with Gasteiger partial charge in [0.05, 0.1) is 4.70 Å². The van der Waals surface area contributed by atoms with Crippen LogP contribution in [-0.4, -0.2) is 31.1 Å². The van der Waals surface area contributed by atoms with Crippen molar-refractivity contribution < 1.29 is 0 Å². The molecule has 4 heteroatoms. The van der Waals surface area contributed by atoms with E-state index in [-0.39, 0.29) is 0 Å². The van der Waals surface area contributed by atoms with Gasteiger partial charge < -0.3 is 10.2 Å². The smallest absolute Gasteiger partial charge is 0.150 e. The molecule has 0 amide bonds. The van der Waals surface area contributed by atoms with Crippen LogP contribution in [0.3, 0.4) is 0 Å². The second-order valence-corrected chi connectivity index (χ2v) is 4.49. The zero-order valence-electron chi connectivity index (χ0n) is 9.73. The van der Waals surface area contributed by atoms with Gasteiger partial charge in [-0.25, -0.2) is 0 Å². The Hall–Kier alpha value is -1.13. The van der Waals surface area contributed by atoms with E-state index in [0.29, 0.717) is 0 Å². The molecule has 0 fully saturated rings. The van der Waals surface area contributed by atoms with Gasteiger partial charge in [0, 0.05) is 25.0 Å². The SMILES string of the molecule is CCN(CCNC)c1nsc2ccccc12. The summed E-state index contributed by atoms with van der Waals surface area (Å²) in [5.41, 5.74) is 0. The second-order valence-electron chi connectivity index (χ2n) is 3.69. The van der Waals surface area contributed by atoms with Crippen molar-refractivity contribution in [2.45, 2.75) is 6.92 Å². The number of anilines is 1. The van der Waals surface area contributed by atoms with Gasteiger partial charge in [0.25, 0.3) is 0 Å². The molecule has 2 rings (SSSR count). The third kappa shape index (κ3) is 2.18. The van der Waals surface area contributed by atoms with E-state index in [9.17, 15) is 0 Å². The topological polar surface area (TPSA) is 28.2 Å². The van der Waals surface area contributed by atoms with Crippen LogP contribution in [0.1, 0.15) is 6.92 Å². The Balaban J connectivity index is 2.30. The van der Waals surface area contributed by atoms with E-state index in [1.807, 2.05) is 7.05 Å². The molecule has 1 heterocycles. The maximum atomic E-state index is 4.56. The van der Waals surface area contributed by atoms with Gasteiger partial charge in [-0.1, -0.05) is 12.1 Å². The number of hydrogen-bond acceptors (Lipinski definition) is 4. The fourth-order valence-electron chi connectivity index (χ4n) is 1.76. The Morgan fingerprint density at radius 3 is 2.94 bits per heavy atom. The van der Waals surface area contributed by atoms with Gasteiger partial charge in [0.2, 0.25) is 0 Å². The van der Waals surface area contributed by atoms with Gasteiger partial charge >= 0.3 is 0 Å². The molecule has 2 aromatic rings. The quantitative estimate of drug-likeness (QED) is 0.862. The van der Waals surface area contributed by atoms with Crippen molar-refractivity contribution >= 4 is 27.4 Å². The summed E-state index contributed by atoms with van der Waals surface area (Å²) in [7, 11) is 1.98. The van der Waals surface area contributed by atoms with Gasteiger partial charge in [0.1, 0.15) is 5.82 Å². The number of benzene rings is 1. The van der Waals surface area contributed by atoms with Gasteiger partial charge in [-0.2, -0.15) is 4.37 Å². The van der Waals surface area contributed by atoms with E-state index < -0.39 is 0 Å². The van der Waals surface area contributed by atoms with Crippen molar-refractivity contribution in [2.75, 3.05) is 31.6 Å². The molecule has 1 aromatic carbocycles. The van der Waals surface area contributed by atoms with Crippen LogP contribution in [0.2, 0.25) is 0 Å². The highest BCUT2D eigenvalue weighted by Gasteiger charge is 2.11. The average molecular weight is 235 g/mol. The van der Waals surface area contributed by atoms with Crippen LogP contribution >= 0.6 is 11.5 Å². The summed E-state index contributed by atoms with van der Waals surface area (Å²) in [6, 6.07) is 8.42. The monoisotopic (exact) mass is 235 g/mol. The third-order valence-electron chi connectivity index (χ3n) is 2.67. The number of nitrogens with one attached hydrogen (secondary N) is 1. The van der Waals surface area contributed by atoms with Gasteiger partial charge in [-0.05, 0) is 37.6 Å². The molecule has 0 aliphatic rings. The zero-order valence-corrected chi connectivity index (χ0v) is 10.5. The minimum Gasteiger partial charge on any atom is -0.354 e. The van der Waals surface area contributed by atoms with Crippen molar-refractivity contribution in [3.63, 3.8) is 0 Å². The summed E-state index contributed by atoms with van der Waals surface area (Å²) in [6.07, 6.45) is 0. The van der Waals surface area contributed by atoms with Gasteiger partial charge in [-0.3, -0.25) is 0 Å². The summed E-state index contributed by atoms with van der Waals surface area (Å²) in [4.78, 5) is 2.31. The number of likely N-dealkylation sites (N-methyl/N-ethyl adjacent to an activating group) is 2. The molecule has 0 saturated carbocycles. The second kappa shape index (κ2) is 5.27. The minimum atomic E-state index is 0.986. The van der Waals surface area contributed by atoms with Crippen molar-refractivity contribution in [3.8, 4) is 0 Å². The number of hydrogen-bond donors (Lipinski definition) is 1. The first-order valence-electron chi connectivity index (χ1n) is 5.60. The van der Waals surface area contributed by atoms with Crippen LogP contribution in [0.15, 0.2) is 24.3 Å². The maximum Gasteiger partial charge on any atom is 0.150 e. The zero-order chi connectivity index (χ0) is 11.4. The minimum absolute atomic E-state index is 0.986. The fraction of sp³-hybridized carbons (Fsp3) is 0.417. The highest BCUT2D eigenvalue weighted by Crippen LogP contribution is 2.28. The van der Waals surface area contributed by atoms with Gasteiger partial charge in [-0.15, -0.1) is 0 Å². The Bertz CT molecular complexity index is 452. The van der Waals surface area contributed by atoms with E-state index in [0.717, 1.165) is 25.5 Å². The maximum absolute atomic E-state index is 4.56. The Morgan fingerprint density at radius 1 is 1.38 bits per heavy atom. The van der Waals surface area contributed by atoms with E-state index >= 15 is 0 Å². The molecule has 86 valence electrons. The summed E-state index contributed by atoms with van der Waals surface area (Å²) in [5, 5.41) is 4.45. The van der Waals surface area contributed by atoms with Crippen molar-refractivity contribution in [3.05, 3.63) is 24.3 Å². The molecule has 0 spiro atoms. The van der Waals surface area contributed by atoms with E-state index in [2.05, 4.69) is 45.8 Å². The molecule has 16 heavy (non-hydrogen) atoms. The normalized spacial score (nSPS) is 10.9. The molecular weight excluding hydrogens is 218 g/mol. The molecular formula is C12H17N3S. The molecule has 0 aliphatic carbocycles. The average Bonchev–Trinajstić information content (AvgIpc) is 2.75. The van der Waals surface area contributed by atoms with E-state index in [1.165, 1.54) is 10.1 Å². The number of nitrogens with zero attached hydrogens (tertiary/aromatic N) is 2. The fourth-order valence-corrected chi connectivity index (χ4v) is 2.56. The molecule has 0 atom stereocenters. The molecule has 3 nitrogen and oxygen atoms in total. The largest absolute Gasteiger partial charge is 0.354 e. The highest BCUT2D eigenvalue weighted by atomic mass is 32.1. The summed E-state index contributed by atoms with van der Waals surface area (Å²) < 4.78 is 5.82. The number of aromatic nitrogens is 1. The summed E-state index contributed by atoms with van der Waals surface area (Å²) in [6.45, 7) is 5.15. The van der Waals surface area contributed by atoms with Crippen LogP contribution < -0.4 is 10.2 Å². The van der Waals surface area contributed by atoms with Crippen molar-refractivity contribution in [1.29, 1.82) is 0 Å². The first-order chi connectivity index (χ1) is 7.86. The van der Waals surface area contributed by atoms with Crippen molar-refractivity contribution in [1.82, 2.24) is 9.69 Å². The number of rotatable bonds is 5. The van der Waals surface area contributed by atoms with Crippen LogP contribution in [-0.2, 0) is 0 Å². The van der Waals surface area contributed by atoms with Crippen LogP contribution in [0.25, 0.3) is 10.1 Å². The van der Waals surface area contributed by atoms with Crippen molar-refractivity contribution in [2.24, 2.45) is 0 Å². The molecule has 0 saturated heterocycles. The van der Waals surface area contributed by atoms with Gasteiger partial charge in [0.15, 0.2) is 0 Å². The van der Waals surface area contributed by atoms with Crippen LogP contribution in [0.5, 0.6) is 0 Å². The molecule has 0 unspecified atom stereocenters. The predicted molar refractivity (Wildman–Crippen MR) is 71.4 cm³/mol. The first kappa shape index (κ1) is 11.4. The Labute approximate surface area is 100 Å². The molecule has 0 radical (unpaired) electrons. The van der Waals surface area contributed by atoms with Crippen LogP contribution in [0.4, 0.5) is 5.82 Å². The van der Waals surface area contributed by atoms with E-state index in [1.54, 1.807) is 11.5 Å². The molecule has 0 bridgehead atoms. The predicted octanol–water partition coefficient (Wildman–Crippen LogP) is 2.34. The third-order valence-corrected chi connectivity index (χ3v) is 3.49. The Morgan fingerprint density at radius 2 is 2.19 bits per heavy atom. The molecule has 0 aliphatic heterocycles. The molecule has 1 N–H and O–H groups in total. The first-order valence-corrected chi connectivity index (χ1v) is 6.38. The lowest BCUT2D eigenvalue weighted by atomic mass is 10.2. The lowest BCUT2D eigenvalue weighted by Crippen LogP contribution is -2.30. The van der Waals surface area contributed by atoms with Crippen LogP contribution in [0, 0.1) is 0 Å².